The number of carboxylic acids is 1. The number of benzene rings is 2. The van der Waals surface area contributed by atoms with E-state index in [2.05, 4.69) is 12.2 Å². The Morgan fingerprint density at radius 2 is 1.39 bits per heavy atom. The zero-order chi connectivity index (χ0) is 32.0. The van der Waals surface area contributed by atoms with Crippen LogP contribution >= 0.6 is 0 Å². The van der Waals surface area contributed by atoms with Crippen LogP contribution in [0.2, 0.25) is 0 Å². The van der Waals surface area contributed by atoms with Gasteiger partial charge in [0.05, 0.1) is 11.6 Å². The number of carbonyl (C=O) groups is 3. The number of amides is 2. The highest BCUT2D eigenvalue weighted by atomic mass is 19.4. The summed E-state index contributed by atoms with van der Waals surface area (Å²) in [5, 5.41) is 12.5. The van der Waals surface area contributed by atoms with E-state index < -0.39 is 29.7 Å². The minimum absolute atomic E-state index is 0.0276. The normalized spacial score (nSPS) is 14.4. The molecular formula is C35H47F3N2O4. The molecule has 1 unspecified atom stereocenters. The molecule has 242 valence electrons. The molecule has 0 spiro atoms. The van der Waals surface area contributed by atoms with Crippen molar-refractivity contribution in [2.24, 2.45) is 5.92 Å². The molecule has 2 aromatic carbocycles. The number of halogens is 3. The van der Waals surface area contributed by atoms with Crippen molar-refractivity contribution in [1.82, 2.24) is 4.90 Å². The standard InChI is InChI=1S/C35H47F3N2O4/c1-2-3-4-5-6-7-8-9-10-11-16-31(41)39-30-23-17-26(18-24-30)25-40(33(42)34(43)44)32(27-14-12-13-15-27)28-19-21-29(22-20-28)35(36,37)38/h17-24,27,32H,2-16,25H2,1H3,(H,39,41)(H,43,44). The number of nitrogens with zero attached hydrogens (tertiary/aromatic N) is 1. The lowest BCUT2D eigenvalue weighted by Crippen LogP contribution is -2.41. The van der Waals surface area contributed by atoms with Gasteiger partial charge in [-0.25, -0.2) is 4.79 Å². The summed E-state index contributed by atoms with van der Waals surface area (Å²) in [4.78, 5) is 38.6. The summed E-state index contributed by atoms with van der Waals surface area (Å²) in [5.41, 5.74) is 0.947. The third-order valence-corrected chi connectivity index (χ3v) is 8.55. The van der Waals surface area contributed by atoms with E-state index in [1.807, 2.05) is 0 Å². The van der Waals surface area contributed by atoms with E-state index in [-0.39, 0.29) is 18.4 Å². The van der Waals surface area contributed by atoms with E-state index in [1.54, 1.807) is 24.3 Å². The molecule has 1 atom stereocenters. The van der Waals surface area contributed by atoms with Crippen molar-refractivity contribution >= 4 is 23.5 Å². The van der Waals surface area contributed by atoms with Crippen molar-refractivity contribution in [3.8, 4) is 0 Å². The molecule has 0 aromatic heterocycles. The van der Waals surface area contributed by atoms with Crippen LogP contribution in [0.1, 0.15) is 126 Å². The molecule has 3 rings (SSSR count). The Labute approximate surface area is 259 Å². The van der Waals surface area contributed by atoms with Gasteiger partial charge in [0.1, 0.15) is 0 Å². The van der Waals surface area contributed by atoms with Crippen LogP contribution in [0.25, 0.3) is 0 Å². The highest BCUT2D eigenvalue weighted by Gasteiger charge is 2.37. The summed E-state index contributed by atoms with van der Waals surface area (Å²) in [6.45, 7) is 2.19. The van der Waals surface area contributed by atoms with Gasteiger partial charge in [-0.2, -0.15) is 13.2 Å². The Hall–Kier alpha value is -3.36. The van der Waals surface area contributed by atoms with Gasteiger partial charge >= 0.3 is 18.1 Å². The molecule has 1 aliphatic rings. The Kier molecular flexibility index (Phi) is 14.2. The second-order valence-electron chi connectivity index (χ2n) is 12.0. The number of carbonyl (C=O) groups excluding carboxylic acids is 2. The van der Waals surface area contributed by atoms with E-state index >= 15 is 0 Å². The number of nitrogens with one attached hydrogen (secondary N) is 1. The molecule has 44 heavy (non-hydrogen) atoms. The Morgan fingerprint density at radius 3 is 1.91 bits per heavy atom. The molecule has 2 amide bonds. The molecule has 9 heteroatoms. The van der Waals surface area contributed by atoms with Gasteiger partial charge in [0, 0.05) is 18.7 Å². The number of rotatable bonds is 17. The van der Waals surface area contributed by atoms with E-state index in [4.69, 9.17) is 0 Å². The predicted molar refractivity (Wildman–Crippen MR) is 166 cm³/mol. The minimum atomic E-state index is -4.50. The first-order valence-corrected chi connectivity index (χ1v) is 16.2. The Morgan fingerprint density at radius 1 is 0.841 bits per heavy atom. The molecule has 1 aliphatic carbocycles. The summed E-state index contributed by atoms with van der Waals surface area (Å²) in [6.07, 6.45) is 11.2. The topological polar surface area (TPSA) is 86.7 Å². The fraction of sp³-hybridized carbons (Fsp3) is 0.571. The van der Waals surface area contributed by atoms with Crippen molar-refractivity contribution in [2.75, 3.05) is 5.32 Å². The molecule has 0 saturated heterocycles. The first kappa shape index (κ1) is 35.1. The fourth-order valence-corrected chi connectivity index (χ4v) is 6.15. The predicted octanol–water partition coefficient (Wildman–Crippen LogP) is 9.30. The zero-order valence-corrected chi connectivity index (χ0v) is 25.8. The molecule has 0 aliphatic heterocycles. The van der Waals surface area contributed by atoms with Crippen LogP contribution in [-0.2, 0) is 27.1 Å². The Balaban J connectivity index is 1.59. The van der Waals surface area contributed by atoms with E-state index in [1.165, 1.54) is 62.0 Å². The van der Waals surface area contributed by atoms with E-state index in [0.29, 0.717) is 23.2 Å². The average Bonchev–Trinajstić information content (AvgIpc) is 3.52. The summed E-state index contributed by atoms with van der Waals surface area (Å²) < 4.78 is 39.6. The molecule has 0 radical (unpaired) electrons. The Bertz CT molecular complexity index is 1180. The molecule has 0 bridgehead atoms. The molecule has 2 N–H and O–H groups in total. The van der Waals surface area contributed by atoms with Crippen molar-refractivity contribution < 1.29 is 32.7 Å². The first-order chi connectivity index (χ1) is 21.1. The van der Waals surface area contributed by atoms with Gasteiger partial charge in [-0.1, -0.05) is 102 Å². The first-order valence-electron chi connectivity index (χ1n) is 16.2. The smallest absolute Gasteiger partial charge is 0.416 e. The van der Waals surface area contributed by atoms with Crippen molar-refractivity contribution in [3.05, 3.63) is 65.2 Å². The maximum absolute atomic E-state index is 13.2. The summed E-state index contributed by atoms with van der Waals surface area (Å²) in [5.74, 6) is -2.85. The molecule has 1 saturated carbocycles. The van der Waals surface area contributed by atoms with Crippen molar-refractivity contribution in [1.29, 1.82) is 0 Å². The van der Waals surface area contributed by atoms with Crippen LogP contribution in [0, 0.1) is 5.92 Å². The van der Waals surface area contributed by atoms with Crippen LogP contribution < -0.4 is 5.32 Å². The third-order valence-electron chi connectivity index (χ3n) is 8.55. The largest absolute Gasteiger partial charge is 0.474 e. The van der Waals surface area contributed by atoms with Crippen LogP contribution in [0.3, 0.4) is 0 Å². The lowest BCUT2D eigenvalue weighted by atomic mass is 9.89. The maximum Gasteiger partial charge on any atom is 0.416 e. The van der Waals surface area contributed by atoms with Crippen LogP contribution in [-0.4, -0.2) is 27.8 Å². The highest BCUT2D eigenvalue weighted by Crippen LogP contribution is 2.41. The number of alkyl halides is 3. The number of hydrogen-bond donors (Lipinski definition) is 2. The van der Waals surface area contributed by atoms with Gasteiger partial charge in [-0.15, -0.1) is 0 Å². The van der Waals surface area contributed by atoms with Crippen LogP contribution in [0.15, 0.2) is 48.5 Å². The molecule has 0 heterocycles. The summed E-state index contributed by atoms with van der Waals surface area (Å²) >= 11 is 0. The average molecular weight is 617 g/mol. The van der Waals surface area contributed by atoms with Gasteiger partial charge in [0.15, 0.2) is 0 Å². The second-order valence-corrected chi connectivity index (χ2v) is 12.0. The van der Waals surface area contributed by atoms with Gasteiger partial charge in [0.2, 0.25) is 5.91 Å². The fourth-order valence-electron chi connectivity index (χ4n) is 6.15. The van der Waals surface area contributed by atoms with Crippen molar-refractivity contribution in [2.45, 2.75) is 122 Å². The number of hydrogen-bond acceptors (Lipinski definition) is 3. The van der Waals surface area contributed by atoms with Gasteiger partial charge in [-0.05, 0) is 60.6 Å². The molecule has 6 nitrogen and oxygen atoms in total. The third kappa shape index (κ3) is 11.3. The molecule has 2 aromatic rings. The van der Waals surface area contributed by atoms with Gasteiger partial charge in [0.25, 0.3) is 0 Å². The quantitative estimate of drug-likeness (QED) is 0.137. The van der Waals surface area contributed by atoms with Gasteiger partial charge < -0.3 is 15.3 Å². The van der Waals surface area contributed by atoms with Crippen LogP contribution in [0.4, 0.5) is 18.9 Å². The summed E-state index contributed by atoms with van der Waals surface area (Å²) in [7, 11) is 0. The number of carboxylic acid groups (broad SMARTS) is 1. The molecule has 1 fully saturated rings. The van der Waals surface area contributed by atoms with Crippen LogP contribution in [0.5, 0.6) is 0 Å². The highest BCUT2D eigenvalue weighted by molar-refractivity contribution is 6.31. The van der Waals surface area contributed by atoms with Gasteiger partial charge in [-0.3, -0.25) is 9.59 Å². The monoisotopic (exact) mass is 616 g/mol. The van der Waals surface area contributed by atoms with E-state index in [0.717, 1.165) is 57.1 Å². The lowest BCUT2D eigenvalue weighted by molar-refractivity contribution is -0.158. The number of aliphatic carboxylic acids is 1. The SMILES string of the molecule is CCCCCCCCCCCCC(=O)Nc1ccc(CN(C(=O)C(=O)O)C(c2ccc(C(F)(F)F)cc2)C2CCCC2)cc1. The maximum atomic E-state index is 13.2. The zero-order valence-electron chi connectivity index (χ0n) is 25.8. The van der Waals surface area contributed by atoms with E-state index in [9.17, 15) is 32.7 Å². The number of unbranched alkanes of at least 4 members (excludes halogenated alkanes) is 9. The van der Waals surface area contributed by atoms with Crippen molar-refractivity contribution in [3.63, 3.8) is 0 Å². The number of anilines is 1. The second kappa shape index (κ2) is 17.8. The minimum Gasteiger partial charge on any atom is -0.474 e. The summed E-state index contributed by atoms with van der Waals surface area (Å²) in [6, 6.07) is 10.9. The molecular weight excluding hydrogens is 569 g/mol. The lowest BCUT2D eigenvalue weighted by Gasteiger charge is -2.35.